The molecule has 0 aromatic heterocycles. The fourth-order valence-corrected chi connectivity index (χ4v) is 3.43. The van der Waals surface area contributed by atoms with Gasteiger partial charge < -0.3 is 16.4 Å². The summed E-state index contributed by atoms with van der Waals surface area (Å²) in [5.74, 6) is 0. The number of hydrogen-bond donors (Lipinski definition) is 3. The minimum absolute atomic E-state index is 0.449. The van der Waals surface area contributed by atoms with Gasteiger partial charge in [-0.15, -0.1) is 0 Å². The zero-order chi connectivity index (χ0) is 16.4. The Bertz CT molecular complexity index is 716. The van der Waals surface area contributed by atoms with Crippen LogP contribution in [0.5, 0.6) is 0 Å². The SMILES string of the molecule is NCCCNc1cc(C(F)(F)F)cc2c1Nc1ccccc1S2. The Balaban J connectivity index is 2.01. The van der Waals surface area contributed by atoms with E-state index in [2.05, 4.69) is 10.6 Å². The van der Waals surface area contributed by atoms with Crippen LogP contribution in [0.2, 0.25) is 0 Å². The van der Waals surface area contributed by atoms with Crippen molar-refractivity contribution < 1.29 is 13.2 Å². The van der Waals surface area contributed by atoms with Crippen LogP contribution in [0.25, 0.3) is 0 Å². The van der Waals surface area contributed by atoms with Gasteiger partial charge in [0.2, 0.25) is 0 Å². The fourth-order valence-electron chi connectivity index (χ4n) is 2.37. The Labute approximate surface area is 136 Å². The Morgan fingerprint density at radius 1 is 1.13 bits per heavy atom. The van der Waals surface area contributed by atoms with Crippen molar-refractivity contribution in [3.05, 3.63) is 42.0 Å². The Morgan fingerprint density at radius 3 is 2.65 bits per heavy atom. The molecule has 0 fully saturated rings. The van der Waals surface area contributed by atoms with Crippen molar-refractivity contribution >= 4 is 28.8 Å². The van der Waals surface area contributed by atoms with Crippen molar-refractivity contribution in [1.29, 1.82) is 0 Å². The van der Waals surface area contributed by atoms with E-state index in [4.69, 9.17) is 5.73 Å². The van der Waals surface area contributed by atoms with Crippen LogP contribution in [0.4, 0.5) is 30.2 Å². The highest BCUT2D eigenvalue weighted by atomic mass is 32.2. The molecule has 1 aliphatic heterocycles. The molecule has 0 saturated heterocycles. The molecule has 0 unspecified atom stereocenters. The summed E-state index contributed by atoms with van der Waals surface area (Å²) in [5.41, 5.74) is 6.82. The molecule has 1 heterocycles. The number of para-hydroxylation sites is 1. The van der Waals surface area contributed by atoms with Crippen molar-refractivity contribution in [2.45, 2.75) is 22.4 Å². The van der Waals surface area contributed by atoms with Gasteiger partial charge in [0.15, 0.2) is 0 Å². The van der Waals surface area contributed by atoms with Gasteiger partial charge in [-0.3, -0.25) is 0 Å². The normalized spacial score (nSPS) is 13.0. The quantitative estimate of drug-likeness (QED) is 0.604. The lowest BCUT2D eigenvalue weighted by molar-refractivity contribution is -0.137. The number of nitrogens with two attached hydrogens (primary N) is 1. The van der Waals surface area contributed by atoms with E-state index in [1.807, 2.05) is 24.3 Å². The Kier molecular flexibility index (Phi) is 4.41. The van der Waals surface area contributed by atoms with Crippen LogP contribution in [0, 0.1) is 0 Å². The van der Waals surface area contributed by atoms with Gasteiger partial charge in [-0.2, -0.15) is 13.2 Å². The molecule has 23 heavy (non-hydrogen) atoms. The highest BCUT2D eigenvalue weighted by Crippen LogP contribution is 2.49. The van der Waals surface area contributed by atoms with Crippen LogP contribution in [0.15, 0.2) is 46.2 Å². The Morgan fingerprint density at radius 2 is 1.91 bits per heavy atom. The lowest BCUT2D eigenvalue weighted by Crippen LogP contribution is -2.13. The summed E-state index contributed by atoms with van der Waals surface area (Å²) in [4.78, 5) is 1.47. The summed E-state index contributed by atoms with van der Waals surface area (Å²) in [5, 5.41) is 6.29. The molecule has 122 valence electrons. The highest BCUT2D eigenvalue weighted by molar-refractivity contribution is 7.99. The predicted octanol–water partition coefficient (Wildman–Crippen LogP) is 4.67. The summed E-state index contributed by atoms with van der Waals surface area (Å²) in [6.07, 6.45) is -3.69. The second-order valence-corrected chi connectivity index (χ2v) is 6.27. The van der Waals surface area contributed by atoms with Gasteiger partial charge in [-0.05, 0) is 37.2 Å². The molecule has 0 amide bonds. The smallest absolute Gasteiger partial charge is 0.383 e. The van der Waals surface area contributed by atoms with E-state index in [0.29, 0.717) is 35.8 Å². The van der Waals surface area contributed by atoms with Crippen molar-refractivity contribution in [1.82, 2.24) is 0 Å². The number of halogens is 3. The third-order valence-corrected chi connectivity index (χ3v) is 4.61. The maximum absolute atomic E-state index is 13.1. The summed E-state index contributed by atoms with van der Waals surface area (Å²) >= 11 is 1.34. The van der Waals surface area contributed by atoms with Crippen LogP contribution in [0.3, 0.4) is 0 Å². The van der Waals surface area contributed by atoms with Crippen LogP contribution in [-0.4, -0.2) is 13.1 Å². The molecule has 4 N–H and O–H groups in total. The molecular weight excluding hydrogens is 323 g/mol. The second-order valence-electron chi connectivity index (χ2n) is 5.19. The van der Waals surface area contributed by atoms with Crippen molar-refractivity contribution in [3.63, 3.8) is 0 Å². The molecule has 0 bridgehead atoms. The predicted molar refractivity (Wildman–Crippen MR) is 87.5 cm³/mol. The first-order valence-corrected chi connectivity index (χ1v) is 8.04. The summed E-state index contributed by atoms with van der Waals surface area (Å²) < 4.78 is 39.4. The third kappa shape index (κ3) is 3.40. The first-order valence-electron chi connectivity index (χ1n) is 7.22. The highest BCUT2D eigenvalue weighted by Gasteiger charge is 2.33. The fraction of sp³-hybridized carbons (Fsp3) is 0.250. The van der Waals surface area contributed by atoms with Crippen LogP contribution < -0.4 is 16.4 Å². The average Bonchev–Trinajstić information content (AvgIpc) is 2.52. The van der Waals surface area contributed by atoms with E-state index in [-0.39, 0.29) is 0 Å². The summed E-state index contributed by atoms with van der Waals surface area (Å²) in [6.45, 7) is 1.01. The van der Waals surface area contributed by atoms with Gasteiger partial charge in [0.25, 0.3) is 0 Å². The van der Waals surface area contributed by atoms with E-state index >= 15 is 0 Å². The summed E-state index contributed by atoms with van der Waals surface area (Å²) in [7, 11) is 0. The van der Waals surface area contributed by atoms with Gasteiger partial charge in [-0.25, -0.2) is 0 Å². The largest absolute Gasteiger partial charge is 0.416 e. The van der Waals surface area contributed by atoms with E-state index in [1.54, 1.807) is 0 Å². The second kappa shape index (κ2) is 6.33. The Hall–Kier alpha value is -1.86. The maximum atomic E-state index is 13.1. The first-order chi connectivity index (χ1) is 11.0. The molecule has 0 atom stereocenters. The standard InChI is InChI=1S/C16H16F3N3S/c17-16(18,19)10-8-12(21-7-3-6-20)15-14(9-10)23-13-5-2-1-4-11(13)22-15/h1-2,4-5,8-9,21-22H,3,6-7,20H2. The molecule has 2 aromatic rings. The molecule has 0 saturated carbocycles. The minimum atomic E-state index is -4.38. The molecule has 0 spiro atoms. The number of anilines is 3. The number of rotatable bonds is 4. The number of benzene rings is 2. The monoisotopic (exact) mass is 339 g/mol. The molecule has 0 aliphatic carbocycles. The molecule has 2 aromatic carbocycles. The number of hydrogen-bond acceptors (Lipinski definition) is 4. The number of alkyl halides is 3. The zero-order valence-corrected chi connectivity index (χ0v) is 13.0. The summed E-state index contributed by atoms with van der Waals surface area (Å²) in [6, 6.07) is 9.90. The van der Waals surface area contributed by atoms with Crippen molar-refractivity contribution in [3.8, 4) is 0 Å². The molecule has 3 rings (SSSR count). The lowest BCUT2D eigenvalue weighted by atomic mass is 10.1. The van der Waals surface area contributed by atoms with Crippen molar-refractivity contribution in [2.75, 3.05) is 23.7 Å². The molecule has 7 heteroatoms. The van der Waals surface area contributed by atoms with Crippen LogP contribution in [-0.2, 0) is 6.18 Å². The minimum Gasteiger partial charge on any atom is -0.383 e. The van der Waals surface area contributed by atoms with Gasteiger partial charge in [0, 0.05) is 16.3 Å². The lowest BCUT2D eigenvalue weighted by Gasteiger charge is -2.25. The zero-order valence-electron chi connectivity index (χ0n) is 12.2. The average molecular weight is 339 g/mol. The first kappa shape index (κ1) is 16.0. The van der Waals surface area contributed by atoms with E-state index in [1.165, 1.54) is 17.8 Å². The van der Waals surface area contributed by atoms with Gasteiger partial charge in [0.1, 0.15) is 0 Å². The molecule has 0 radical (unpaired) electrons. The van der Waals surface area contributed by atoms with Gasteiger partial charge in [0.05, 0.1) is 22.6 Å². The molecule has 3 nitrogen and oxygen atoms in total. The number of nitrogens with one attached hydrogen (secondary N) is 2. The van der Waals surface area contributed by atoms with E-state index < -0.39 is 11.7 Å². The number of fused-ring (bicyclic) bond motifs is 2. The maximum Gasteiger partial charge on any atom is 0.416 e. The van der Waals surface area contributed by atoms with Gasteiger partial charge >= 0.3 is 6.18 Å². The molecule has 1 aliphatic rings. The van der Waals surface area contributed by atoms with Gasteiger partial charge in [-0.1, -0.05) is 23.9 Å². The van der Waals surface area contributed by atoms with Crippen LogP contribution >= 0.6 is 11.8 Å². The van der Waals surface area contributed by atoms with Crippen molar-refractivity contribution in [2.24, 2.45) is 5.73 Å². The van der Waals surface area contributed by atoms with Crippen LogP contribution in [0.1, 0.15) is 12.0 Å². The molecular formula is C16H16F3N3S. The third-order valence-electron chi connectivity index (χ3n) is 3.49. The van der Waals surface area contributed by atoms with E-state index in [0.717, 1.165) is 16.6 Å². The van der Waals surface area contributed by atoms with E-state index in [9.17, 15) is 13.2 Å². The topological polar surface area (TPSA) is 50.1 Å².